The van der Waals surface area contributed by atoms with Crippen LogP contribution in [0.15, 0.2) is 0 Å². The van der Waals surface area contributed by atoms with E-state index in [0.29, 0.717) is 0 Å². The Labute approximate surface area is 62.8 Å². The number of hydrogen-bond donors (Lipinski definition) is 0. The summed E-state index contributed by atoms with van der Waals surface area (Å²) in [6.45, 7) is 2.09. The molecule has 0 N–H and O–H groups in total. The fourth-order valence-electron chi connectivity index (χ4n) is 1.65. The van der Waals surface area contributed by atoms with Crippen LogP contribution < -0.4 is 0 Å². The Morgan fingerprint density at radius 3 is 2.00 bits per heavy atom. The summed E-state index contributed by atoms with van der Waals surface area (Å²) in [6, 6.07) is 0. The summed E-state index contributed by atoms with van der Waals surface area (Å²) in [7, 11) is 0. The van der Waals surface area contributed by atoms with E-state index in [1.54, 1.807) is 0 Å². The van der Waals surface area contributed by atoms with Crippen molar-refractivity contribution in [1.29, 1.82) is 0 Å². The molecule has 0 spiro atoms. The summed E-state index contributed by atoms with van der Waals surface area (Å²) in [6.07, 6.45) is 8.50. The topological polar surface area (TPSA) is 17.1 Å². The van der Waals surface area contributed by atoms with Gasteiger partial charge in [-0.3, -0.25) is 0 Å². The Hall–Kier alpha value is -0.330. The van der Waals surface area contributed by atoms with Crippen molar-refractivity contribution < 1.29 is 4.79 Å². The zero-order valence-corrected chi connectivity index (χ0v) is 6.73. The van der Waals surface area contributed by atoms with Crippen molar-refractivity contribution in [1.82, 2.24) is 0 Å². The van der Waals surface area contributed by atoms with E-state index in [-0.39, 0.29) is 5.41 Å². The van der Waals surface area contributed by atoms with Gasteiger partial charge in [0.15, 0.2) is 0 Å². The normalized spacial score (nSPS) is 25.3. The van der Waals surface area contributed by atoms with Gasteiger partial charge in [-0.25, -0.2) is 0 Å². The van der Waals surface area contributed by atoms with Crippen LogP contribution in [0.25, 0.3) is 0 Å². The van der Waals surface area contributed by atoms with Gasteiger partial charge in [-0.2, -0.15) is 0 Å². The first-order valence-corrected chi connectivity index (χ1v) is 4.23. The third-order valence-corrected chi connectivity index (χ3v) is 2.53. The van der Waals surface area contributed by atoms with E-state index in [0.717, 1.165) is 19.1 Å². The third-order valence-electron chi connectivity index (χ3n) is 2.53. The molecule has 1 aliphatic carbocycles. The molecule has 1 saturated carbocycles. The van der Waals surface area contributed by atoms with Gasteiger partial charge in [-0.1, -0.05) is 32.6 Å². The highest BCUT2D eigenvalue weighted by molar-refractivity contribution is 5.58. The van der Waals surface area contributed by atoms with Crippen molar-refractivity contribution >= 4 is 6.29 Å². The quantitative estimate of drug-likeness (QED) is 0.404. The molecule has 1 aliphatic rings. The van der Waals surface area contributed by atoms with E-state index < -0.39 is 0 Å². The lowest BCUT2D eigenvalue weighted by molar-refractivity contribution is -0.116. The maximum Gasteiger partial charge on any atom is 0.125 e. The Balaban J connectivity index is 2.48. The van der Waals surface area contributed by atoms with Crippen LogP contribution in [-0.4, -0.2) is 6.29 Å². The summed E-state index contributed by atoms with van der Waals surface area (Å²) in [5.74, 6) is 0. The fourth-order valence-corrected chi connectivity index (χ4v) is 1.65. The minimum absolute atomic E-state index is 0.0243. The highest BCUT2D eigenvalue weighted by Crippen LogP contribution is 2.31. The van der Waals surface area contributed by atoms with Gasteiger partial charge in [0.05, 0.1) is 0 Å². The summed E-state index contributed by atoms with van der Waals surface area (Å²) in [5, 5.41) is 0. The van der Waals surface area contributed by atoms with Gasteiger partial charge in [-0.15, -0.1) is 0 Å². The van der Waals surface area contributed by atoms with Crippen LogP contribution in [-0.2, 0) is 4.79 Å². The van der Waals surface area contributed by atoms with Gasteiger partial charge in [0.2, 0.25) is 0 Å². The lowest BCUT2D eigenvalue weighted by atomic mass is 9.84. The predicted octanol–water partition coefficient (Wildman–Crippen LogP) is 2.55. The van der Waals surface area contributed by atoms with Crippen molar-refractivity contribution in [3.63, 3.8) is 0 Å². The smallest absolute Gasteiger partial charge is 0.125 e. The minimum atomic E-state index is 0.0243. The molecule has 58 valence electrons. The molecule has 0 aliphatic heterocycles. The van der Waals surface area contributed by atoms with Crippen molar-refractivity contribution in [2.45, 2.75) is 45.4 Å². The van der Waals surface area contributed by atoms with Gasteiger partial charge >= 0.3 is 0 Å². The van der Waals surface area contributed by atoms with E-state index >= 15 is 0 Å². The minimum Gasteiger partial charge on any atom is -0.303 e. The Bertz CT molecular complexity index is 110. The molecule has 0 heterocycles. The zero-order valence-electron chi connectivity index (χ0n) is 6.73. The third kappa shape index (κ3) is 1.83. The second-order valence-corrected chi connectivity index (χ2v) is 3.69. The Morgan fingerprint density at radius 1 is 1.10 bits per heavy atom. The Morgan fingerprint density at radius 2 is 1.60 bits per heavy atom. The number of rotatable bonds is 1. The molecular formula is C9H16O. The standard InChI is InChI=1S/C9H16O/c1-9(8-10)6-4-2-3-5-7-9/h8H,2-7H2,1H3. The molecule has 0 amide bonds. The SMILES string of the molecule is CC1(C=O)CCCCCC1. The van der Waals surface area contributed by atoms with Gasteiger partial charge in [-0.05, 0) is 12.8 Å². The molecule has 1 rings (SSSR count). The molecule has 1 fully saturated rings. The van der Waals surface area contributed by atoms with E-state index in [1.807, 2.05) is 0 Å². The molecule has 0 unspecified atom stereocenters. The van der Waals surface area contributed by atoms with Gasteiger partial charge in [0, 0.05) is 5.41 Å². The monoisotopic (exact) mass is 140 g/mol. The lowest BCUT2D eigenvalue weighted by Crippen LogP contribution is -2.16. The average molecular weight is 140 g/mol. The van der Waals surface area contributed by atoms with E-state index in [9.17, 15) is 4.79 Å². The van der Waals surface area contributed by atoms with E-state index in [1.165, 1.54) is 25.7 Å². The fraction of sp³-hybridized carbons (Fsp3) is 0.889. The molecule has 10 heavy (non-hydrogen) atoms. The highest BCUT2D eigenvalue weighted by atomic mass is 16.1. The van der Waals surface area contributed by atoms with Crippen LogP contribution in [0, 0.1) is 5.41 Å². The summed E-state index contributed by atoms with van der Waals surface area (Å²) < 4.78 is 0. The first kappa shape index (κ1) is 7.77. The molecular weight excluding hydrogens is 124 g/mol. The molecule has 0 saturated heterocycles. The number of aldehydes is 1. The average Bonchev–Trinajstić information content (AvgIpc) is 2.15. The molecule has 0 aromatic heterocycles. The number of carbonyl (C=O) groups excluding carboxylic acids is 1. The molecule has 0 aromatic carbocycles. The van der Waals surface area contributed by atoms with Gasteiger partial charge in [0.1, 0.15) is 6.29 Å². The first-order valence-electron chi connectivity index (χ1n) is 4.23. The molecule has 0 bridgehead atoms. The van der Waals surface area contributed by atoms with Crippen LogP contribution in [0.2, 0.25) is 0 Å². The number of carbonyl (C=O) groups is 1. The maximum atomic E-state index is 10.6. The molecule has 0 atom stereocenters. The van der Waals surface area contributed by atoms with Gasteiger partial charge in [0.25, 0.3) is 0 Å². The molecule has 1 nitrogen and oxygen atoms in total. The second-order valence-electron chi connectivity index (χ2n) is 3.69. The van der Waals surface area contributed by atoms with Crippen LogP contribution in [0.1, 0.15) is 45.4 Å². The Kier molecular flexibility index (Phi) is 2.47. The van der Waals surface area contributed by atoms with E-state index in [4.69, 9.17) is 0 Å². The van der Waals surface area contributed by atoms with Gasteiger partial charge < -0.3 is 4.79 Å². The number of hydrogen-bond acceptors (Lipinski definition) is 1. The predicted molar refractivity (Wildman–Crippen MR) is 41.9 cm³/mol. The van der Waals surface area contributed by atoms with Crippen molar-refractivity contribution in [2.75, 3.05) is 0 Å². The molecule has 1 heteroatoms. The van der Waals surface area contributed by atoms with E-state index in [2.05, 4.69) is 6.92 Å². The summed E-state index contributed by atoms with van der Waals surface area (Å²) in [5.41, 5.74) is 0.0243. The van der Waals surface area contributed by atoms with Crippen molar-refractivity contribution in [2.24, 2.45) is 5.41 Å². The molecule has 0 radical (unpaired) electrons. The van der Waals surface area contributed by atoms with Crippen molar-refractivity contribution in [3.05, 3.63) is 0 Å². The lowest BCUT2D eigenvalue weighted by Gasteiger charge is -2.19. The summed E-state index contributed by atoms with van der Waals surface area (Å²) >= 11 is 0. The maximum absolute atomic E-state index is 10.6. The van der Waals surface area contributed by atoms with Crippen LogP contribution in [0.5, 0.6) is 0 Å². The second kappa shape index (κ2) is 3.18. The van der Waals surface area contributed by atoms with Crippen LogP contribution in [0.3, 0.4) is 0 Å². The summed E-state index contributed by atoms with van der Waals surface area (Å²) in [4.78, 5) is 10.6. The highest BCUT2D eigenvalue weighted by Gasteiger charge is 2.24. The van der Waals surface area contributed by atoms with Crippen LogP contribution >= 0.6 is 0 Å². The largest absolute Gasteiger partial charge is 0.303 e. The van der Waals surface area contributed by atoms with Crippen LogP contribution in [0.4, 0.5) is 0 Å². The molecule has 0 aromatic rings. The zero-order chi connectivity index (χ0) is 7.45. The van der Waals surface area contributed by atoms with Crippen molar-refractivity contribution in [3.8, 4) is 0 Å². The first-order chi connectivity index (χ1) is 4.77.